The first-order valence-electron chi connectivity index (χ1n) is 8.39. The molecule has 0 aliphatic heterocycles. The van der Waals surface area contributed by atoms with Crippen molar-refractivity contribution in [2.45, 2.75) is 13.3 Å². The third kappa shape index (κ3) is 4.73. The topological polar surface area (TPSA) is 47.6 Å². The molecule has 0 aliphatic carbocycles. The Balaban J connectivity index is 1.53. The highest BCUT2D eigenvalue weighted by atomic mass is 16.5. The number of ether oxygens (including phenoxy) is 2. The number of rotatable bonds is 7. The fourth-order valence-corrected chi connectivity index (χ4v) is 2.47. The van der Waals surface area contributed by atoms with Gasteiger partial charge in [-0.3, -0.25) is 4.79 Å². The van der Waals surface area contributed by atoms with E-state index in [0.717, 1.165) is 28.6 Å². The Morgan fingerprint density at radius 1 is 0.880 bits per heavy atom. The minimum Gasteiger partial charge on any atom is -0.494 e. The Morgan fingerprint density at radius 2 is 1.56 bits per heavy atom. The SMILES string of the molecule is CCCOc1ccc(OCC(=O)Nc2ccc3ccccc3c2)cc1. The van der Waals surface area contributed by atoms with Crippen molar-refractivity contribution in [3.63, 3.8) is 0 Å². The lowest BCUT2D eigenvalue weighted by atomic mass is 10.1. The summed E-state index contributed by atoms with van der Waals surface area (Å²) in [4.78, 5) is 12.1. The number of fused-ring (bicyclic) bond motifs is 1. The smallest absolute Gasteiger partial charge is 0.262 e. The lowest BCUT2D eigenvalue weighted by Crippen LogP contribution is -2.20. The van der Waals surface area contributed by atoms with Gasteiger partial charge in [-0.1, -0.05) is 37.3 Å². The molecule has 0 unspecified atom stereocenters. The van der Waals surface area contributed by atoms with Crippen LogP contribution < -0.4 is 14.8 Å². The van der Waals surface area contributed by atoms with Gasteiger partial charge in [0.05, 0.1) is 6.61 Å². The maximum Gasteiger partial charge on any atom is 0.262 e. The van der Waals surface area contributed by atoms with Crippen LogP contribution >= 0.6 is 0 Å². The van der Waals surface area contributed by atoms with Gasteiger partial charge in [-0.25, -0.2) is 0 Å². The zero-order valence-electron chi connectivity index (χ0n) is 14.2. The molecule has 1 N–H and O–H groups in total. The van der Waals surface area contributed by atoms with Crippen molar-refractivity contribution in [3.8, 4) is 11.5 Å². The highest BCUT2D eigenvalue weighted by Crippen LogP contribution is 2.20. The molecule has 128 valence electrons. The lowest BCUT2D eigenvalue weighted by molar-refractivity contribution is -0.118. The van der Waals surface area contributed by atoms with E-state index < -0.39 is 0 Å². The molecule has 0 saturated heterocycles. The molecule has 0 spiro atoms. The lowest BCUT2D eigenvalue weighted by Gasteiger charge is -2.09. The molecular formula is C21H21NO3. The fraction of sp³-hybridized carbons (Fsp3) is 0.190. The van der Waals surface area contributed by atoms with Crippen LogP contribution in [0.5, 0.6) is 11.5 Å². The molecule has 3 aromatic rings. The van der Waals surface area contributed by atoms with Crippen molar-refractivity contribution in [3.05, 3.63) is 66.7 Å². The summed E-state index contributed by atoms with van der Waals surface area (Å²) in [6, 6.07) is 21.1. The number of hydrogen-bond donors (Lipinski definition) is 1. The zero-order valence-corrected chi connectivity index (χ0v) is 14.2. The molecule has 3 aromatic carbocycles. The van der Waals surface area contributed by atoms with Crippen molar-refractivity contribution in [2.75, 3.05) is 18.5 Å². The van der Waals surface area contributed by atoms with E-state index >= 15 is 0 Å². The predicted molar refractivity (Wildman–Crippen MR) is 100 cm³/mol. The quantitative estimate of drug-likeness (QED) is 0.684. The van der Waals surface area contributed by atoms with Crippen LogP contribution in [0.3, 0.4) is 0 Å². The van der Waals surface area contributed by atoms with Crippen LogP contribution in [-0.4, -0.2) is 19.1 Å². The maximum atomic E-state index is 12.1. The Labute approximate surface area is 147 Å². The standard InChI is InChI=1S/C21H21NO3/c1-2-13-24-19-9-11-20(12-10-19)25-15-21(23)22-18-8-7-16-5-3-4-6-17(16)14-18/h3-12,14H,2,13,15H2,1H3,(H,22,23). The summed E-state index contributed by atoms with van der Waals surface area (Å²) in [6.07, 6.45) is 0.965. The van der Waals surface area contributed by atoms with Crippen molar-refractivity contribution in [2.24, 2.45) is 0 Å². The molecule has 0 saturated carbocycles. The second-order valence-corrected chi connectivity index (χ2v) is 5.72. The van der Waals surface area contributed by atoms with Crippen molar-refractivity contribution in [1.82, 2.24) is 0 Å². The Morgan fingerprint density at radius 3 is 2.28 bits per heavy atom. The summed E-state index contributed by atoms with van der Waals surface area (Å²) in [6.45, 7) is 2.71. The summed E-state index contributed by atoms with van der Waals surface area (Å²) >= 11 is 0. The van der Waals surface area contributed by atoms with Gasteiger partial charge < -0.3 is 14.8 Å². The van der Waals surface area contributed by atoms with E-state index in [0.29, 0.717) is 12.4 Å². The van der Waals surface area contributed by atoms with E-state index in [1.807, 2.05) is 54.6 Å². The summed E-state index contributed by atoms with van der Waals surface area (Å²) in [5.74, 6) is 1.24. The van der Waals surface area contributed by atoms with E-state index in [9.17, 15) is 4.79 Å². The third-order valence-corrected chi connectivity index (χ3v) is 3.70. The summed E-state index contributed by atoms with van der Waals surface area (Å²) in [5.41, 5.74) is 0.760. The fourth-order valence-electron chi connectivity index (χ4n) is 2.47. The molecule has 0 aliphatic rings. The molecule has 0 radical (unpaired) electrons. The second-order valence-electron chi connectivity index (χ2n) is 5.72. The minimum atomic E-state index is -0.193. The molecule has 25 heavy (non-hydrogen) atoms. The molecule has 0 atom stereocenters. The summed E-state index contributed by atoms with van der Waals surface area (Å²) < 4.78 is 11.0. The number of carbonyl (C=O) groups is 1. The van der Waals surface area contributed by atoms with Crippen LogP contribution in [-0.2, 0) is 4.79 Å². The molecule has 4 nitrogen and oxygen atoms in total. The third-order valence-electron chi connectivity index (χ3n) is 3.70. The van der Waals surface area contributed by atoms with Gasteiger partial charge in [-0.2, -0.15) is 0 Å². The van der Waals surface area contributed by atoms with Gasteiger partial charge >= 0.3 is 0 Å². The largest absolute Gasteiger partial charge is 0.494 e. The highest BCUT2D eigenvalue weighted by Gasteiger charge is 2.05. The number of amides is 1. The second kappa shape index (κ2) is 8.20. The van der Waals surface area contributed by atoms with Crippen LogP contribution in [0.2, 0.25) is 0 Å². The van der Waals surface area contributed by atoms with Gasteiger partial charge in [-0.15, -0.1) is 0 Å². The van der Waals surface area contributed by atoms with Crippen molar-refractivity contribution >= 4 is 22.4 Å². The molecule has 3 rings (SSSR count). The number of anilines is 1. The molecular weight excluding hydrogens is 314 g/mol. The van der Waals surface area contributed by atoms with Crippen molar-refractivity contribution in [1.29, 1.82) is 0 Å². The first-order valence-corrected chi connectivity index (χ1v) is 8.39. The monoisotopic (exact) mass is 335 g/mol. The van der Waals surface area contributed by atoms with Crippen molar-refractivity contribution < 1.29 is 14.3 Å². The van der Waals surface area contributed by atoms with Crippen LogP contribution in [0.4, 0.5) is 5.69 Å². The molecule has 0 aromatic heterocycles. The van der Waals surface area contributed by atoms with E-state index in [1.165, 1.54) is 0 Å². The van der Waals surface area contributed by atoms with Gasteiger partial charge in [0.1, 0.15) is 11.5 Å². The Hall–Kier alpha value is -3.01. The van der Waals surface area contributed by atoms with E-state index in [1.54, 1.807) is 12.1 Å². The van der Waals surface area contributed by atoms with Gasteiger partial charge in [0.15, 0.2) is 6.61 Å². The molecule has 4 heteroatoms. The van der Waals surface area contributed by atoms with Gasteiger partial charge in [0, 0.05) is 5.69 Å². The summed E-state index contributed by atoms with van der Waals surface area (Å²) in [5, 5.41) is 5.08. The number of carbonyl (C=O) groups excluding carboxylic acids is 1. The van der Waals surface area contributed by atoms with Crippen LogP contribution in [0.25, 0.3) is 10.8 Å². The molecule has 0 heterocycles. The first-order chi connectivity index (χ1) is 12.2. The predicted octanol–water partition coefficient (Wildman–Crippen LogP) is 4.65. The number of hydrogen-bond acceptors (Lipinski definition) is 3. The zero-order chi connectivity index (χ0) is 17.5. The Kier molecular flexibility index (Phi) is 5.52. The van der Waals surface area contributed by atoms with Crippen LogP contribution in [0.15, 0.2) is 66.7 Å². The minimum absolute atomic E-state index is 0.0397. The average Bonchev–Trinajstić information content (AvgIpc) is 2.65. The van der Waals surface area contributed by atoms with Gasteiger partial charge in [-0.05, 0) is 53.6 Å². The average molecular weight is 335 g/mol. The summed E-state index contributed by atoms with van der Waals surface area (Å²) in [7, 11) is 0. The van der Waals surface area contributed by atoms with Gasteiger partial charge in [0.25, 0.3) is 5.91 Å². The molecule has 1 amide bonds. The first kappa shape index (κ1) is 16.8. The number of nitrogens with one attached hydrogen (secondary N) is 1. The number of benzene rings is 3. The Bertz CT molecular complexity index is 843. The van der Waals surface area contributed by atoms with E-state index in [4.69, 9.17) is 9.47 Å². The van der Waals surface area contributed by atoms with Crippen LogP contribution in [0.1, 0.15) is 13.3 Å². The van der Waals surface area contributed by atoms with Gasteiger partial charge in [0.2, 0.25) is 0 Å². The normalized spacial score (nSPS) is 10.4. The van der Waals surface area contributed by atoms with E-state index in [-0.39, 0.29) is 12.5 Å². The highest BCUT2D eigenvalue weighted by molar-refractivity contribution is 5.95. The molecule has 0 bridgehead atoms. The van der Waals surface area contributed by atoms with Crippen LogP contribution in [0, 0.1) is 0 Å². The molecule has 0 fully saturated rings. The van der Waals surface area contributed by atoms with E-state index in [2.05, 4.69) is 12.2 Å². The maximum absolute atomic E-state index is 12.1.